The first-order valence-electron chi connectivity index (χ1n) is 4.00. The van der Waals surface area contributed by atoms with Crippen LogP contribution in [-0.4, -0.2) is 5.78 Å². The Morgan fingerprint density at radius 3 is 2.93 bits per heavy atom. The molecule has 0 saturated heterocycles. The van der Waals surface area contributed by atoms with Crippen LogP contribution in [0, 0.1) is 11.3 Å². The molecule has 1 rings (SSSR count). The summed E-state index contributed by atoms with van der Waals surface area (Å²) in [5, 5.41) is 8.87. The van der Waals surface area contributed by atoms with E-state index in [1.165, 1.54) is 0 Å². The van der Waals surface area contributed by atoms with Crippen LogP contribution in [0.25, 0.3) is 0 Å². The van der Waals surface area contributed by atoms with Crippen molar-refractivity contribution in [3.05, 3.63) is 33.3 Å². The van der Waals surface area contributed by atoms with E-state index in [0.29, 0.717) is 15.1 Å². The van der Waals surface area contributed by atoms with E-state index in [4.69, 9.17) is 16.9 Å². The fourth-order valence-corrected chi connectivity index (χ4v) is 1.66. The number of rotatable bonds is 3. The molecule has 0 aliphatic carbocycles. The molecule has 0 atom stereocenters. The second-order valence-electron chi connectivity index (χ2n) is 2.71. The van der Waals surface area contributed by atoms with Gasteiger partial charge in [0.2, 0.25) is 0 Å². The molecular weight excluding hydrogens is 265 g/mol. The van der Waals surface area contributed by atoms with Crippen molar-refractivity contribution in [1.82, 2.24) is 0 Å². The highest BCUT2D eigenvalue weighted by Crippen LogP contribution is 2.22. The summed E-state index contributed by atoms with van der Waals surface area (Å²) >= 11 is 9.02. The van der Waals surface area contributed by atoms with Crippen LogP contribution in [0.2, 0.25) is 5.02 Å². The van der Waals surface area contributed by atoms with Crippen molar-refractivity contribution in [1.29, 1.82) is 5.26 Å². The lowest BCUT2D eigenvalue weighted by atomic mass is 10.1. The van der Waals surface area contributed by atoms with Gasteiger partial charge in [0.15, 0.2) is 5.78 Å². The molecule has 0 amide bonds. The van der Waals surface area contributed by atoms with Gasteiger partial charge >= 0.3 is 0 Å². The summed E-state index contributed by atoms with van der Waals surface area (Å²) < 4.78 is 0.713. The van der Waals surface area contributed by atoms with Gasteiger partial charge in [-0.1, -0.05) is 27.5 Å². The molecule has 2 nitrogen and oxygen atoms in total. The molecule has 0 fully saturated rings. The molecule has 0 spiro atoms. The van der Waals surface area contributed by atoms with Gasteiger partial charge in [0, 0.05) is 27.9 Å². The Bertz CT molecular complexity index is 398. The Morgan fingerprint density at radius 1 is 1.57 bits per heavy atom. The molecule has 0 aliphatic heterocycles. The van der Waals surface area contributed by atoms with Gasteiger partial charge in [-0.3, -0.25) is 4.79 Å². The molecule has 14 heavy (non-hydrogen) atoms. The molecule has 0 aliphatic rings. The maximum atomic E-state index is 11.5. The Balaban J connectivity index is 2.90. The zero-order valence-corrected chi connectivity index (χ0v) is 9.60. The molecule has 1 aromatic rings. The van der Waals surface area contributed by atoms with Crippen molar-refractivity contribution in [3.63, 3.8) is 0 Å². The highest BCUT2D eigenvalue weighted by molar-refractivity contribution is 9.10. The van der Waals surface area contributed by atoms with Crippen LogP contribution >= 0.6 is 27.5 Å². The third-order valence-corrected chi connectivity index (χ3v) is 2.62. The number of carbonyl (C=O) groups excluding carboxylic acids is 1. The lowest BCUT2D eigenvalue weighted by Gasteiger charge is -2.02. The first-order valence-corrected chi connectivity index (χ1v) is 5.17. The average molecular weight is 273 g/mol. The van der Waals surface area contributed by atoms with Crippen LogP contribution in [0.1, 0.15) is 23.2 Å². The fraction of sp³-hybridized carbons (Fsp3) is 0.200. The molecule has 4 heteroatoms. The van der Waals surface area contributed by atoms with Gasteiger partial charge in [0.05, 0.1) is 6.07 Å². The van der Waals surface area contributed by atoms with Crippen molar-refractivity contribution in [2.24, 2.45) is 0 Å². The molecule has 0 bridgehead atoms. The van der Waals surface area contributed by atoms with Crippen molar-refractivity contribution >= 4 is 33.3 Å². The molecule has 1 aromatic carbocycles. The van der Waals surface area contributed by atoms with E-state index >= 15 is 0 Å². The number of hydrogen-bond donors (Lipinski definition) is 0. The summed E-state index contributed by atoms with van der Waals surface area (Å²) in [5.74, 6) is -0.0686. The van der Waals surface area contributed by atoms with Gasteiger partial charge < -0.3 is 0 Å². The predicted octanol–water partition coefficient (Wildman–Crippen LogP) is 3.59. The maximum absolute atomic E-state index is 11.5. The second-order valence-corrected chi connectivity index (χ2v) is 4.00. The summed E-state index contributed by atoms with van der Waals surface area (Å²) in [4.78, 5) is 11.5. The smallest absolute Gasteiger partial charge is 0.165 e. The molecule has 72 valence electrons. The Labute approximate surface area is 95.6 Å². The molecule has 0 heterocycles. The van der Waals surface area contributed by atoms with E-state index < -0.39 is 0 Å². The van der Waals surface area contributed by atoms with Crippen molar-refractivity contribution in [3.8, 4) is 6.07 Å². The molecule has 0 saturated carbocycles. The number of nitriles is 1. The minimum absolute atomic E-state index is 0.0686. The fourth-order valence-electron chi connectivity index (χ4n) is 1.02. The van der Waals surface area contributed by atoms with Gasteiger partial charge in [0.1, 0.15) is 0 Å². The van der Waals surface area contributed by atoms with E-state index in [1.54, 1.807) is 18.2 Å². The topological polar surface area (TPSA) is 40.9 Å². The highest BCUT2D eigenvalue weighted by atomic mass is 79.9. The first kappa shape index (κ1) is 11.2. The van der Waals surface area contributed by atoms with Crippen LogP contribution in [0.15, 0.2) is 22.7 Å². The Kier molecular flexibility index (Phi) is 4.12. The van der Waals surface area contributed by atoms with Gasteiger partial charge in [-0.05, 0) is 18.2 Å². The van der Waals surface area contributed by atoms with Crippen molar-refractivity contribution < 1.29 is 4.79 Å². The van der Waals surface area contributed by atoms with E-state index in [2.05, 4.69) is 15.9 Å². The van der Waals surface area contributed by atoms with E-state index in [-0.39, 0.29) is 18.6 Å². The Morgan fingerprint density at radius 2 is 2.29 bits per heavy atom. The standard InChI is InChI=1S/C10H7BrClNO/c11-9-4-3-7(12)6-8(9)10(14)2-1-5-13/h3-4,6H,1-2H2. The number of ketones is 1. The minimum atomic E-state index is -0.0686. The van der Waals surface area contributed by atoms with Crippen molar-refractivity contribution in [2.75, 3.05) is 0 Å². The number of benzene rings is 1. The zero-order chi connectivity index (χ0) is 10.6. The quantitative estimate of drug-likeness (QED) is 0.789. The number of Topliss-reactive ketones (excluding diaryl/α,β-unsaturated/α-hetero) is 1. The van der Waals surface area contributed by atoms with Gasteiger partial charge in [0.25, 0.3) is 0 Å². The lowest BCUT2D eigenvalue weighted by Crippen LogP contribution is -1.99. The van der Waals surface area contributed by atoms with E-state index in [0.717, 1.165) is 0 Å². The van der Waals surface area contributed by atoms with Crippen LogP contribution in [0.3, 0.4) is 0 Å². The van der Waals surface area contributed by atoms with Crippen LogP contribution in [0.4, 0.5) is 0 Å². The number of nitrogens with zero attached hydrogens (tertiary/aromatic N) is 1. The largest absolute Gasteiger partial charge is 0.294 e. The molecule has 0 N–H and O–H groups in total. The third kappa shape index (κ3) is 2.83. The van der Waals surface area contributed by atoms with E-state index in [1.807, 2.05) is 6.07 Å². The summed E-state index contributed by atoms with van der Waals surface area (Å²) in [6, 6.07) is 6.96. The normalized spacial score (nSPS) is 9.50. The van der Waals surface area contributed by atoms with Crippen molar-refractivity contribution in [2.45, 2.75) is 12.8 Å². The highest BCUT2D eigenvalue weighted by Gasteiger charge is 2.09. The summed E-state index contributed by atoms with van der Waals surface area (Å²) in [7, 11) is 0. The Hall–Kier alpha value is -0.850. The lowest BCUT2D eigenvalue weighted by molar-refractivity contribution is 0.0983. The number of hydrogen-bond acceptors (Lipinski definition) is 2. The summed E-state index contributed by atoms with van der Waals surface area (Å²) in [6.45, 7) is 0. The van der Waals surface area contributed by atoms with Crippen LogP contribution in [0.5, 0.6) is 0 Å². The average Bonchev–Trinajstić information content (AvgIpc) is 2.18. The minimum Gasteiger partial charge on any atom is -0.294 e. The monoisotopic (exact) mass is 271 g/mol. The number of halogens is 2. The molecule has 0 unspecified atom stereocenters. The van der Waals surface area contributed by atoms with Gasteiger partial charge in [-0.15, -0.1) is 0 Å². The summed E-state index contributed by atoms with van der Waals surface area (Å²) in [5.41, 5.74) is 0.535. The molecular formula is C10H7BrClNO. The second kappa shape index (κ2) is 5.14. The summed E-state index contributed by atoms with van der Waals surface area (Å²) in [6.07, 6.45) is 0.466. The molecule has 0 aromatic heterocycles. The van der Waals surface area contributed by atoms with Gasteiger partial charge in [-0.25, -0.2) is 0 Å². The predicted molar refractivity (Wildman–Crippen MR) is 58.3 cm³/mol. The van der Waals surface area contributed by atoms with E-state index in [9.17, 15) is 4.79 Å². The first-order chi connectivity index (χ1) is 6.65. The SMILES string of the molecule is N#CCCC(=O)c1cc(Cl)ccc1Br. The zero-order valence-electron chi connectivity index (χ0n) is 7.26. The maximum Gasteiger partial charge on any atom is 0.165 e. The molecule has 0 radical (unpaired) electrons. The van der Waals surface area contributed by atoms with Crippen LogP contribution < -0.4 is 0 Å². The van der Waals surface area contributed by atoms with Gasteiger partial charge in [-0.2, -0.15) is 5.26 Å². The van der Waals surface area contributed by atoms with Crippen LogP contribution in [-0.2, 0) is 0 Å². The number of carbonyl (C=O) groups is 1. The third-order valence-electron chi connectivity index (χ3n) is 1.69.